The molecule has 0 aromatic carbocycles. The van der Waals surface area contributed by atoms with Gasteiger partial charge in [-0.3, -0.25) is 14.4 Å². The van der Waals surface area contributed by atoms with Crippen LogP contribution in [0.5, 0.6) is 0 Å². The average Bonchev–Trinajstić information content (AvgIpc) is 3.22. The Bertz CT molecular complexity index is 984. The molecule has 0 amide bonds. The number of allylic oxidation sites excluding steroid dienone is 6. The Morgan fingerprint density at radius 2 is 0.672 bits per heavy atom. The van der Waals surface area contributed by atoms with Crippen molar-refractivity contribution in [3.8, 4) is 0 Å². The Balaban J connectivity index is 4.32. The molecule has 1 unspecified atom stereocenters. The lowest BCUT2D eigenvalue weighted by atomic mass is 10.0. The Morgan fingerprint density at radius 1 is 0.362 bits per heavy atom. The summed E-state index contributed by atoms with van der Waals surface area (Å²) in [4.78, 5) is 37.8. The average molecular weight is 815 g/mol. The lowest BCUT2D eigenvalue weighted by molar-refractivity contribution is -0.167. The first-order valence-electron chi connectivity index (χ1n) is 25.0. The molecule has 0 N–H and O–H groups in total. The molecule has 0 heterocycles. The number of carbonyl (C=O) groups is 3. The molecule has 0 aliphatic heterocycles. The zero-order valence-electron chi connectivity index (χ0n) is 38.6. The lowest BCUT2D eigenvalue weighted by Gasteiger charge is -2.18. The maximum absolute atomic E-state index is 12.7. The van der Waals surface area contributed by atoms with Gasteiger partial charge in [0.15, 0.2) is 6.10 Å². The van der Waals surface area contributed by atoms with Gasteiger partial charge in [-0.25, -0.2) is 0 Å². The van der Waals surface area contributed by atoms with Crippen molar-refractivity contribution < 1.29 is 28.6 Å². The summed E-state index contributed by atoms with van der Waals surface area (Å²) < 4.78 is 16.7. The van der Waals surface area contributed by atoms with Gasteiger partial charge in [-0.2, -0.15) is 0 Å². The number of hydrogen-bond donors (Lipinski definition) is 0. The largest absolute Gasteiger partial charge is 0.462 e. The van der Waals surface area contributed by atoms with E-state index in [1.807, 2.05) is 0 Å². The first kappa shape index (κ1) is 55.6. The van der Waals surface area contributed by atoms with E-state index >= 15 is 0 Å². The molecule has 1 atom stereocenters. The second-order valence-corrected chi connectivity index (χ2v) is 16.8. The van der Waals surface area contributed by atoms with Crippen LogP contribution in [0.4, 0.5) is 0 Å². The third-order valence-corrected chi connectivity index (χ3v) is 11.0. The van der Waals surface area contributed by atoms with Crippen molar-refractivity contribution in [1.29, 1.82) is 0 Å². The highest BCUT2D eigenvalue weighted by molar-refractivity contribution is 5.71. The molecule has 0 aromatic rings. The van der Waals surface area contributed by atoms with Crippen molar-refractivity contribution >= 4 is 17.9 Å². The molecule has 0 saturated carbocycles. The second kappa shape index (κ2) is 47.3. The third kappa shape index (κ3) is 44.7. The zero-order valence-corrected chi connectivity index (χ0v) is 38.6. The molecule has 0 aliphatic carbocycles. The zero-order chi connectivity index (χ0) is 42.3. The Hall–Kier alpha value is -2.37. The molecular formula is C52H94O6. The molecule has 0 aliphatic rings. The smallest absolute Gasteiger partial charge is 0.306 e. The summed E-state index contributed by atoms with van der Waals surface area (Å²) in [5.41, 5.74) is 0. The predicted molar refractivity (Wildman–Crippen MR) is 247 cm³/mol. The van der Waals surface area contributed by atoms with Crippen LogP contribution >= 0.6 is 0 Å². The first-order valence-corrected chi connectivity index (χ1v) is 25.0. The van der Waals surface area contributed by atoms with E-state index in [0.29, 0.717) is 19.3 Å². The van der Waals surface area contributed by atoms with E-state index in [2.05, 4.69) is 57.2 Å². The topological polar surface area (TPSA) is 78.9 Å². The van der Waals surface area contributed by atoms with Gasteiger partial charge in [0.25, 0.3) is 0 Å². The highest BCUT2D eigenvalue weighted by atomic mass is 16.6. The Morgan fingerprint density at radius 3 is 1.03 bits per heavy atom. The van der Waals surface area contributed by atoms with Crippen LogP contribution in [0.1, 0.15) is 258 Å². The summed E-state index contributed by atoms with van der Waals surface area (Å²) in [5, 5.41) is 0. The van der Waals surface area contributed by atoms with E-state index in [4.69, 9.17) is 14.2 Å². The summed E-state index contributed by atoms with van der Waals surface area (Å²) in [6.45, 7) is 6.49. The summed E-state index contributed by atoms with van der Waals surface area (Å²) in [6.07, 6.45) is 54.2. The monoisotopic (exact) mass is 815 g/mol. The molecule has 0 spiro atoms. The normalized spacial score (nSPS) is 12.3. The summed E-state index contributed by atoms with van der Waals surface area (Å²) in [5.74, 6) is -0.890. The molecule has 0 bridgehead atoms. The lowest BCUT2D eigenvalue weighted by Crippen LogP contribution is -2.30. The molecule has 0 aromatic heterocycles. The van der Waals surface area contributed by atoms with Gasteiger partial charge >= 0.3 is 17.9 Å². The number of esters is 3. The van der Waals surface area contributed by atoms with Gasteiger partial charge in [-0.1, -0.05) is 237 Å². The molecule has 0 rings (SSSR count). The van der Waals surface area contributed by atoms with E-state index in [-0.39, 0.29) is 31.1 Å². The number of rotatable bonds is 45. The standard InChI is InChI=1S/C52H94O6/c1-4-7-10-13-16-19-22-24-25-26-27-29-30-33-36-39-42-45-51(54)57-48-49(47-56-50(53)44-41-38-35-32-21-18-15-12-9-6-3)58-52(55)46-43-40-37-34-31-28-23-20-17-14-11-8-5-2/h8,11,14,17,20,23,49H,4-7,9-10,12-13,15-16,18-19,21-22,24-48H2,1-3H3/b11-8-,17-14-,23-20-. The van der Waals surface area contributed by atoms with Crippen LogP contribution in [0, 0.1) is 0 Å². The second-order valence-electron chi connectivity index (χ2n) is 16.8. The molecule has 6 heteroatoms. The van der Waals surface area contributed by atoms with Crippen LogP contribution in [0.15, 0.2) is 36.5 Å². The van der Waals surface area contributed by atoms with Gasteiger partial charge in [0.2, 0.25) is 0 Å². The van der Waals surface area contributed by atoms with Crippen molar-refractivity contribution in [2.45, 2.75) is 264 Å². The van der Waals surface area contributed by atoms with Crippen molar-refractivity contribution in [2.75, 3.05) is 13.2 Å². The van der Waals surface area contributed by atoms with Gasteiger partial charge in [0, 0.05) is 19.3 Å². The molecule has 58 heavy (non-hydrogen) atoms. The molecule has 0 radical (unpaired) electrons. The van der Waals surface area contributed by atoms with Crippen LogP contribution in [0.3, 0.4) is 0 Å². The molecular weight excluding hydrogens is 721 g/mol. The minimum absolute atomic E-state index is 0.0767. The van der Waals surface area contributed by atoms with Crippen molar-refractivity contribution in [3.63, 3.8) is 0 Å². The number of unbranched alkanes of at least 4 members (excludes halogenated alkanes) is 30. The van der Waals surface area contributed by atoms with E-state index < -0.39 is 6.10 Å². The molecule has 338 valence electrons. The number of carbonyl (C=O) groups excluding carboxylic acids is 3. The van der Waals surface area contributed by atoms with Crippen LogP contribution in [-0.2, 0) is 28.6 Å². The van der Waals surface area contributed by atoms with Gasteiger partial charge in [-0.05, 0) is 38.5 Å². The minimum Gasteiger partial charge on any atom is -0.462 e. The highest BCUT2D eigenvalue weighted by Crippen LogP contribution is 2.16. The Labute approximate surface area is 359 Å². The molecule has 0 fully saturated rings. The van der Waals surface area contributed by atoms with E-state index in [9.17, 15) is 14.4 Å². The van der Waals surface area contributed by atoms with Crippen LogP contribution in [0.25, 0.3) is 0 Å². The van der Waals surface area contributed by atoms with E-state index in [1.165, 1.54) is 135 Å². The fourth-order valence-corrected chi connectivity index (χ4v) is 7.21. The van der Waals surface area contributed by atoms with Gasteiger partial charge in [0.1, 0.15) is 13.2 Å². The third-order valence-electron chi connectivity index (χ3n) is 11.0. The highest BCUT2D eigenvalue weighted by Gasteiger charge is 2.19. The van der Waals surface area contributed by atoms with E-state index in [0.717, 1.165) is 83.5 Å². The van der Waals surface area contributed by atoms with Crippen LogP contribution < -0.4 is 0 Å². The minimum atomic E-state index is -0.776. The quantitative estimate of drug-likeness (QED) is 0.0264. The van der Waals surface area contributed by atoms with Crippen LogP contribution in [0.2, 0.25) is 0 Å². The number of hydrogen-bond acceptors (Lipinski definition) is 6. The molecule has 0 saturated heterocycles. The van der Waals surface area contributed by atoms with Crippen molar-refractivity contribution in [2.24, 2.45) is 0 Å². The Kier molecular flexibility index (Phi) is 45.4. The van der Waals surface area contributed by atoms with E-state index in [1.54, 1.807) is 0 Å². The van der Waals surface area contributed by atoms with Gasteiger partial charge in [-0.15, -0.1) is 0 Å². The summed E-state index contributed by atoms with van der Waals surface area (Å²) >= 11 is 0. The fourth-order valence-electron chi connectivity index (χ4n) is 7.21. The van der Waals surface area contributed by atoms with Crippen molar-refractivity contribution in [1.82, 2.24) is 0 Å². The van der Waals surface area contributed by atoms with Crippen molar-refractivity contribution in [3.05, 3.63) is 36.5 Å². The maximum Gasteiger partial charge on any atom is 0.306 e. The first-order chi connectivity index (χ1) is 28.5. The number of ether oxygens (including phenoxy) is 3. The molecule has 6 nitrogen and oxygen atoms in total. The summed E-state index contributed by atoms with van der Waals surface area (Å²) in [7, 11) is 0. The predicted octanol–water partition coefficient (Wildman–Crippen LogP) is 16.1. The SMILES string of the molecule is CC\C=C/C=C\C=C/CCCCCCCC(=O)OC(COC(=O)CCCCCCCCCCCC)COC(=O)CCCCCCCCCCCCCCCCCCC. The summed E-state index contributed by atoms with van der Waals surface area (Å²) in [6, 6.07) is 0. The maximum atomic E-state index is 12.7. The van der Waals surface area contributed by atoms with Gasteiger partial charge in [0.05, 0.1) is 0 Å². The van der Waals surface area contributed by atoms with Crippen LogP contribution in [-0.4, -0.2) is 37.2 Å². The fraction of sp³-hybridized carbons (Fsp3) is 0.827. The van der Waals surface area contributed by atoms with Gasteiger partial charge < -0.3 is 14.2 Å².